The number of hydrogen-bond acceptors (Lipinski definition) is 4. The van der Waals surface area contributed by atoms with Crippen molar-refractivity contribution in [2.45, 2.75) is 46.1 Å². The van der Waals surface area contributed by atoms with E-state index in [-0.39, 0.29) is 0 Å². The zero-order valence-electron chi connectivity index (χ0n) is 12.1. The van der Waals surface area contributed by atoms with E-state index in [4.69, 9.17) is 5.73 Å². The second-order valence-electron chi connectivity index (χ2n) is 6.21. The number of para-hydroxylation sites is 1. The van der Waals surface area contributed by atoms with Crippen molar-refractivity contribution >= 4 is 5.69 Å². The van der Waals surface area contributed by atoms with E-state index in [0.717, 1.165) is 29.2 Å². The van der Waals surface area contributed by atoms with E-state index in [2.05, 4.69) is 22.4 Å². The van der Waals surface area contributed by atoms with Crippen LogP contribution in [0.5, 0.6) is 0 Å². The van der Waals surface area contributed by atoms with E-state index in [1.165, 1.54) is 25.7 Å². The number of nitrogen functional groups attached to an aromatic ring is 1. The first-order valence-corrected chi connectivity index (χ1v) is 7.21. The average Bonchev–Trinajstić information content (AvgIpc) is 3.03. The molecule has 3 rings (SSSR count). The van der Waals surface area contributed by atoms with E-state index in [1.807, 2.05) is 29.8 Å². The van der Waals surface area contributed by atoms with Crippen LogP contribution in [0.2, 0.25) is 0 Å². The highest BCUT2D eigenvalue weighted by Gasteiger charge is 2.30. The van der Waals surface area contributed by atoms with Crippen LogP contribution in [0.15, 0.2) is 18.2 Å². The molecule has 0 aliphatic heterocycles. The molecular formula is C15H21N5. The number of rotatable bonds is 3. The summed E-state index contributed by atoms with van der Waals surface area (Å²) < 4.78 is 1.91. The van der Waals surface area contributed by atoms with Crippen molar-refractivity contribution in [1.29, 1.82) is 0 Å². The van der Waals surface area contributed by atoms with Crippen LogP contribution < -0.4 is 5.73 Å². The van der Waals surface area contributed by atoms with Gasteiger partial charge in [0.2, 0.25) is 0 Å². The summed E-state index contributed by atoms with van der Waals surface area (Å²) in [5, 5.41) is 12.2. The number of anilines is 1. The fourth-order valence-corrected chi connectivity index (χ4v) is 3.13. The molecule has 1 heterocycles. The first-order chi connectivity index (χ1) is 9.59. The molecule has 1 saturated carbocycles. The normalized spacial score (nSPS) is 17.5. The third-order valence-corrected chi connectivity index (χ3v) is 4.44. The maximum atomic E-state index is 6.17. The smallest absolute Gasteiger partial charge is 0.184 e. The molecule has 1 aliphatic rings. The van der Waals surface area contributed by atoms with E-state index in [9.17, 15) is 0 Å². The Kier molecular flexibility index (Phi) is 3.20. The fraction of sp³-hybridized carbons (Fsp3) is 0.533. The highest BCUT2D eigenvalue weighted by molar-refractivity contribution is 5.73. The Balaban J connectivity index is 1.96. The lowest BCUT2D eigenvalue weighted by molar-refractivity contribution is 0.267. The molecule has 20 heavy (non-hydrogen) atoms. The predicted octanol–water partition coefficient (Wildman–Crippen LogP) is 2.81. The summed E-state index contributed by atoms with van der Waals surface area (Å²) in [4.78, 5) is 0. The van der Waals surface area contributed by atoms with Gasteiger partial charge in [0.25, 0.3) is 0 Å². The number of hydrogen-bond donors (Lipinski definition) is 1. The van der Waals surface area contributed by atoms with Crippen molar-refractivity contribution < 1.29 is 0 Å². The summed E-state index contributed by atoms with van der Waals surface area (Å²) in [6, 6.07) is 5.99. The van der Waals surface area contributed by atoms with Gasteiger partial charge in [0.15, 0.2) is 5.82 Å². The summed E-state index contributed by atoms with van der Waals surface area (Å²) in [5.74, 6) is 0.777. The van der Waals surface area contributed by atoms with Crippen LogP contribution in [-0.4, -0.2) is 20.2 Å². The zero-order chi connectivity index (χ0) is 14.2. The molecule has 2 N–H and O–H groups in total. The number of nitrogens with zero attached hydrogens (tertiary/aromatic N) is 4. The minimum absolute atomic E-state index is 0.308. The standard InChI is InChI=1S/C15H21N5/c1-11-6-5-7-12(13(11)16)14-17-18-19-20(14)10-15(2)8-3-4-9-15/h5-7H,3-4,8-10,16H2,1-2H3. The Labute approximate surface area is 119 Å². The number of tetrazole rings is 1. The minimum Gasteiger partial charge on any atom is -0.398 e. The van der Waals surface area contributed by atoms with Crippen molar-refractivity contribution in [2.75, 3.05) is 5.73 Å². The van der Waals surface area contributed by atoms with Crippen LogP contribution in [0.3, 0.4) is 0 Å². The highest BCUT2D eigenvalue weighted by atomic mass is 15.5. The molecule has 5 heteroatoms. The molecule has 2 aromatic rings. The third-order valence-electron chi connectivity index (χ3n) is 4.44. The maximum Gasteiger partial charge on any atom is 0.184 e. The summed E-state index contributed by atoms with van der Waals surface area (Å²) in [6.45, 7) is 5.19. The molecule has 5 nitrogen and oxygen atoms in total. The van der Waals surface area contributed by atoms with Gasteiger partial charge in [-0.05, 0) is 47.2 Å². The Bertz CT molecular complexity index is 610. The van der Waals surface area contributed by atoms with Crippen LogP contribution in [0.1, 0.15) is 38.2 Å². The van der Waals surface area contributed by atoms with Crippen molar-refractivity contribution in [2.24, 2.45) is 5.41 Å². The quantitative estimate of drug-likeness (QED) is 0.871. The molecule has 0 unspecified atom stereocenters. The number of nitrogens with two attached hydrogens (primary N) is 1. The lowest BCUT2D eigenvalue weighted by atomic mass is 9.89. The Hall–Kier alpha value is -1.91. The lowest BCUT2D eigenvalue weighted by Crippen LogP contribution is -2.21. The second kappa shape index (κ2) is 4.89. The zero-order valence-corrected chi connectivity index (χ0v) is 12.1. The van der Waals surface area contributed by atoms with Gasteiger partial charge in [-0.1, -0.05) is 31.9 Å². The SMILES string of the molecule is Cc1cccc(-c2nnnn2CC2(C)CCCC2)c1N. The third kappa shape index (κ3) is 2.28. The molecule has 0 bridgehead atoms. The second-order valence-corrected chi connectivity index (χ2v) is 6.21. The summed E-state index contributed by atoms with van der Waals surface area (Å²) in [7, 11) is 0. The van der Waals surface area contributed by atoms with Gasteiger partial charge < -0.3 is 5.73 Å². The van der Waals surface area contributed by atoms with Crippen LogP contribution in [0, 0.1) is 12.3 Å². The molecule has 0 saturated heterocycles. The Morgan fingerprint density at radius 2 is 2.05 bits per heavy atom. The number of aromatic nitrogens is 4. The Morgan fingerprint density at radius 3 is 2.80 bits per heavy atom. The van der Waals surface area contributed by atoms with E-state index in [0.29, 0.717) is 5.41 Å². The minimum atomic E-state index is 0.308. The summed E-state index contributed by atoms with van der Waals surface area (Å²) >= 11 is 0. The molecule has 106 valence electrons. The van der Waals surface area contributed by atoms with Gasteiger partial charge >= 0.3 is 0 Å². The van der Waals surface area contributed by atoms with E-state index < -0.39 is 0 Å². The topological polar surface area (TPSA) is 69.6 Å². The predicted molar refractivity (Wildman–Crippen MR) is 79.0 cm³/mol. The first-order valence-electron chi connectivity index (χ1n) is 7.21. The summed E-state index contributed by atoms with van der Waals surface area (Å²) in [6.07, 6.45) is 5.10. The van der Waals surface area contributed by atoms with Gasteiger partial charge in [0.05, 0.1) is 6.54 Å². The summed E-state index contributed by atoms with van der Waals surface area (Å²) in [5.41, 5.74) is 9.23. The molecule has 1 fully saturated rings. The molecule has 1 aromatic carbocycles. The first kappa shape index (κ1) is 13.1. The van der Waals surface area contributed by atoms with Crippen LogP contribution in [0.4, 0.5) is 5.69 Å². The van der Waals surface area contributed by atoms with Crippen molar-refractivity contribution in [3.63, 3.8) is 0 Å². The number of aryl methyl sites for hydroxylation is 1. The molecule has 0 amide bonds. The van der Waals surface area contributed by atoms with Crippen LogP contribution in [0.25, 0.3) is 11.4 Å². The van der Waals surface area contributed by atoms with E-state index in [1.54, 1.807) is 0 Å². The number of benzene rings is 1. The van der Waals surface area contributed by atoms with Crippen LogP contribution >= 0.6 is 0 Å². The maximum absolute atomic E-state index is 6.17. The van der Waals surface area contributed by atoms with Gasteiger partial charge in [0.1, 0.15) is 0 Å². The molecule has 0 atom stereocenters. The largest absolute Gasteiger partial charge is 0.398 e. The monoisotopic (exact) mass is 271 g/mol. The van der Waals surface area contributed by atoms with E-state index >= 15 is 0 Å². The van der Waals surface area contributed by atoms with Gasteiger partial charge in [-0.2, -0.15) is 0 Å². The van der Waals surface area contributed by atoms with Gasteiger partial charge in [-0.25, -0.2) is 4.68 Å². The highest BCUT2D eigenvalue weighted by Crippen LogP contribution is 2.39. The lowest BCUT2D eigenvalue weighted by Gasteiger charge is -2.23. The molecule has 1 aliphatic carbocycles. The van der Waals surface area contributed by atoms with Gasteiger partial charge in [-0.15, -0.1) is 5.10 Å². The van der Waals surface area contributed by atoms with Crippen molar-refractivity contribution in [3.8, 4) is 11.4 Å². The molecule has 0 radical (unpaired) electrons. The molecule has 1 aromatic heterocycles. The van der Waals surface area contributed by atoms with Crippen molar-refractivity contribution in [3.05, 3.63) is 23.8 Å². The molecular weight excluding hydrogens is 250 g/mol. The average molecular weight is 271 g/mol. The molecule has 0 spiro atoms. The fourth-order valence-electron chi connectivity index (χ4n) is 3.13. The Morgan fingerprint density at radius 1 is 1.30 bits per heavy atom. The van der Waals surface area contributed by atoms with Gasteiger partial charge in [-0.3, -0.25) is 0 Å². The van der Waals surface area contributed by atoms with Crippen molar-refractivity contribution in [1.82, 2.24) is 20.2 Å². The van der Waals surface area contributed by atoms with Gasteiger partial charge in [0, 0.05) is 11.3 Å². The van der Waals surface area contributed by atoms with Crippen LogP contribution in [-0.2, 0) is 6.54 Å².